The van der Waals surface area contributed by atoms with Crippen LogP contribution in [-0.2, 0) is 13.5 Å². The molecule has 3 rings (SSSR count). The Labute approximate surface area is 99.6 Å². The van der Waals surface area contributed by atoms with Crippen LogP contribution in [0.2, 0.25) is 0 Å². The van der Waals surface area contributed by atoms with Crippen molar-refractivity contribution < 1.29 is 0 Å². The molecule has 1 atom stereocenters. The molecule has 0 saturated carbocycles. The molecule has 0 radical (unpaired) electrons. The van der Waals surface area contributed by atoms with Crippen molar-refractivity contribution in [1.29, 1.82) is 0 Å². The lowest BCUT2D eigenvalue weighted by Gasteiger charge is -2.09. The summed E-state index contributed by atoms with van der Waals surface area (Å²) in [6, 6.07) is 6.84. The second-order valence-corrected chi connectivity index (χ2v) is 4.84. The predicted octanol–water partition coefficient (Wildman–Crippen LogP) is 1.16. The first-order valence-electron chi connectivity index (χ1n) is 6.15. The van der Waals surface area contributed by atoms with Gasteiger partial charge < -0.3 is 10.3 Å². The van der Waals surface area contributed by atoms with E-state index in [1.165, 1.54) is 18.4 Å². The van der Waals surface area contributed by atoms with Gasteiger partial charge in [-0.3, -0.25) is 4.57 Å². The summed E-state index contributed by atoms with van der Waals surface area (Å²) in [5, 5.41) is 3.49. The number of hydrogen-bond acceptors (Lipinski definition) is 2. The lowest BCUT2D eigenvalue weighted by Crippen LogP contribution is -2.23. The van der Waals surface area contributed by atoms with Gasteiger partial charge in [-0.25, -0.2) is 4.79 Å². The zero-order valence-electron chi connectivity index (χ0n) is 9.99. The highest BCUT2D eigenvalue weighted by Crippen LogP contribution is 2.16. The van der Waals surface area contributed by atoms with Crippen LogP contribution in [0, 0.1) is 0 Å². The molecule has 2 N–H and O–H groups in total. The Bertz CT molecular complexity index is 590. The second kappa shape index (κ2) is 4.04. The molecular formula is C13H17N3O. The topological polar surface area (TPSA) is 49.8 Å². The number of rotatable bonds is 2. The molecule has 0 spiro atoms. The Morgan fingerprint density at radius 2 is 2.35 bits per heavy atom. The Balaban J connectivity index is 1.93. The third-order valence-corrected chi connectivity index (χ3v) is 3.61. The zero-order valence-corrected chi connectivity index (χ0v) is 9.99. The van der Waals surface area contributed by atoms with Gasteiger partial charge in [0.05, 0.1) is 11.0 Å². The van der Waals surface area contributed by atoms with Gasteiger partial charge in [0.15, 0.2) is 0 Å². The van der Waals surface area contributed by atoms with Crippen molar-refractivity contribution in [3.63, 3.8) is 0 Å². The number of hydrogen-bond donors (Lipinski definition) is 2. The van der Waals surface area contributed by atoms with E-state index in [9.17, 15) is 4.79 Å². The van der Waals surface area contributed by atoms with E-state index in [2.05, 4.69) is 22.4 Å². The van der Waals surface area contributed by atoms with E-state index in [1.54, 1.807) is 11.6 Å². The molecule has 1 aliphatic heterocycles. The van der Waals surface area contributed by atoms with Crippen molar-refractivity contribution in [3.8, 4) is 0 Å². The molecule has 90 valence electrons. The number of imidazole rings is 1. The van der Waals surface area contributed by atoms with E-state index >= 15 is 0 Å². The van der Waals surface area contributed by atoms with Gasteiger partial charge in [-0.15, -0.1) is 0 Å². The first-order valence-corrected chi connectivity index (χ1v) is 6.15. The fourth-order valence-corrected chi connectivity index (χ4v) is 2.63. The number of aromatic nitrogens is 2. The van der Waals surface area contributed by atoms with E-state index in [0.717, 1.165) is 24.0 Å². The molecule has 1 aliphatic rings. The van der Waals surface area contributed by atoms with Crippen LogP contribution in [0.15, 0.2) is 23.0 Å². The molecule has 4 heteroatoms. The van der Waals surface area contributed by atoms with Gasteiger partial charge in [0.25, 0.3) is 0 Å². The van der Waals surface area contributed by atoms with E-state index in [4.69, 9.17) is 0 Å². The number of H-pyrrole nitrogens is 1. The van der Waals surface area contributed by atoms with Crippen molar-refractivity contribution in [3.05, 3.63) is 34.2 Å². The monoisotopic (exact) mass is 231 g/mol. The first-order chi connectivity index (χ1) is 8.24. The van der Waals surface area contributed by atoms with E-state index < -0.39 is 0 Å². The van der Waals surface area contributed by atoms with Gasteiger partial charge in [-0.05, 0) is 43.5 Å². The van der Waals surface area contributed by atoms with Gasteiger partial charge >= 0.3 is 5.69 Å². The molecule has 17 heavy (non-hydrogen) atoms. The zero-order chi connectivity index (χ0) is 11.8. The molecule has 0 amide bonds. The number of fused-ring (bicyclic) bond motifs is 1. The van der Waals surface area contributed by atoms with Gasteiger partial charge in [-0.1, -0.05) is 6.07 Å². The van der Waals surface area contributed by atoms with Crippen molar-refractivity contribution in [2.45, 2.75) is 25.3 Å². The molecule has 1 saturated heterocycles. The number of benzene rings is 1. The van der Waals surface area contributed by atoms with Gasteiger partial charge in [-0.2, -0.15) is 0 Å². The molecule has 2 aromatic rings. The van der Waals surface area contributed by atoms with Crippen molar-refractivity contribution in [2.24, 2.45) is 7.05 Å². The van der Waals surface area contributed by atoms with Crippen LogP contribution in [0.3, 0.4) is 0 Å². The average molecular weight is 231 g/mol. The highest BCUT2D eigenvalue weighted by Gasteiger charge is 2.14. The number of aryl methyl sites for hydroxylation is 1. The fourth-order valence-electron chi connectivity index (χ4n) is 2.63. The molecule has 1 unspecified atom stereocenters. The van der Waals surface area contributed by atoms with Gasteiger partial charge in [0, 0.05) is 13.1 Å². The average Bonchev–Trinajstić information content (AvgIpc) is 2.89. The summed E-state index contributed by atoms with van der Waals surface area (Å²) in [5.41, 5.74) is 3.15. The van der Waals surface area contributed by atoms with Crippen LogP contribution in [0.25, 0.3) is 11.0 Å². The lowest BCUT2D eigenvalue weighted by atomic mass is 10.0. The quantitative estimate of drug-likeness (QED) is 0.815. The summed E-state index contributed by atoms with van der Waals surface area (Å²) < 4.78 is 1.65. The largest absolute Gasteiger partial charge is 0.326 e. The summed E-state index contributed by atoms with van der Waals surface area (Å²) in [7, 11) is 1.79. The van der Waals surface area contributed by atoms with E-state index in [1.807, 2.05) is 6.07 Å². The SMILES string of the molecule is Cn1c(=O)[nH]c2cc(CC3CCCN3)ccc21. The molecule has 1 aromatic heterocycles. The third-order valence-electron chi connectivity index (χ3n) is 3.61. The Morgan fingerprint density at radius 1 is 1.47 bits per heavy atom. The van der Waals surface area contributed by atoms with Crippen LogP contribution >= 0.6 is 0 Å². The highest BCUT2D eigenvalue weighted by molar-refractivity contribution is 5.75. The smallest absolute Gasteiger partial charge is 0.314 e. The van der Waals surface area contributed by atoms with Crippen molar-refractivity contribution in [1.82, 2.24) is 14.9 Å². The molecule has 0 aliphatic carbocycles. The van der Waals surface area contributed by atoms with Crippen LogP contribution in [-0.4, -0.2) is 22.1 Å². The van der Waals surface area contributed by atoms with Crippen molar-refractivity contribution >= 4 is 11.0 Å². The Hall–Kier alpha value is -1.55. The van der Waals surface area contributed by atoms with Crippen molar-refractivity contribution in [2.75, 3.05) is 6.54 Å². The fraction of sp³-hybridized carbons (Fsp3) is 0.462. The summed E-state index contributed by atoms with van der Waals surface area (Å²) in [4.78, 5) is 14.4. The van der Waals surface area contributed by atoms with Crippen LogP contribution in [0.5, 0.6) is 0 Å². The predicted molar refractivity (Wildman–Crippen MR) is 68.3 cm³/mol. The maximum Gasteiger partial charge on any atom is 0.326 e. The highest BCUT2D eigenvalue weighted by atomic mass is 16.1. The first kappa shape index (κ1) is 10.6. The minimum absolute atomic E-state index is 0.0452. The molecule has 0 bridgehead atoms. The maximum absolute atomic E-state index is 11.5. The summed E-state index contributed by atoms with van der Waals surface area (Å²) in [5.74, 6) is 0. The van der Waals surface area contributed by atoms with Crippen LogP contribution in [0.1, 0.15) is 18.4 Å². The molecule has 1 fully saturated rings. The molecule has 4 nitrogen and oxygen atoms in total. The number of nitrogens with one attached hydrogen (secondary N) is 2. The summed E-state index contributed by atoms with van der Waals surface area (Å²) >= 11 is 0. The van der Waals surface area contributed by atoms with Gasteiger partial charge in [0.1, 0.15) is 0 Å². The lowest BCUT2D eigenvalue weighted by molar-refractivity contribution is 0.603. The van der Waals surface area contributed by atoms with E-state index in [0.29, 0.717) is 6.04 Å². The normalized spacial score (nSPS) is 20.2. The minimum atomic E-state index is -0.0452. The van der Waals surface area contributed by atoms with Crippen LogP contribution < -0.4 is 11.0 Å². The number of nitrogens with zero attached hydrogens (tertiary/aromatic N) is 1. The van der Waals surface area contributed by atoms with E-state index in [-0.39, 0.29) is 5.69 Å². The van der Waals surface area contributed by atoms with Gasteiger partial charge in [0.2, 0.25) is 0 Å². The molecule has 2 heterocycles. The Morgan fingerprint density at radius 3 is 3.12 bits per heavy atom. The second-order valence-electron chi connectivity index (χ2n) is 4.84. The molecule has 1 aromatic carbocycles. The maximum atomic E-state index is 11.5. The Kier molecular flexibility index (Phi) is 2.52. The third kappa shape index (κ3) is 1.89. The number of aromatic amines is 1. The summed E-state index contributed by atoms with van der Waals surface area (Å²) in [6.07, 6.45) is 3.57. The molecular weight excluding hydrogens is 214 g/mol. The summed E-state index contributed by atoms with van der Waals surface area (Å²) in [6.45, 7) is 1.13. The standard InChI is InChI=1S/C13H17N3O/c1-16-12-5-4-9(7-10-3-2-6-14-10)8-11(12)15-13(16)17/h4-5,8,10,14H,2-3,6-7H2,1H3,(H,15,17). The van der Waals surface area contributed by atoms with Crippen LogP contribution in [0.4, 0.5) is 0 Å². The minimum Gasteiger partial charge on any atom is -0.314 e.